The van der Waals surface area contributed by atoms with Crippen LogP contribution in [0.2, 0.25) is 0 Å². The van der Waals surface area contributed by atoms with Crippen LogP contribution < -0.4 is 0 Å². The second-order valence-corrected chi connectivity index (χ2v) is 10.9. The van der Waals surface area contributed by atoms with Gasteiger partial charge in [0.25, 0.3) is 0 Å². The molecular formula is C25H33ClO6. The van der Waals surface area contributed by atoms with Crippen molar-refractivity contribution in [2.75, 3.05) is 5.88 Å². The van der Waals surface area contributed by atoms with E-state index < -0.39 is 34.6 Å². The Morgan fingerprint density at radius 2 is 1.94 bits per heavy atom. The summed E-state index contributed by atoms with van der Waals surface area (Å²) < 4.78 is 5.96. The first-order chi connectivity index (χ1) is 15.0. The van der Waals surface area contributed by atoms with Crippen molar-refractivity contribution >= 4 is 29.1 Å². The van der Waals surface area contributed by atoms with Gasteiger partial charge in [-0.05, 0) is 43.3 Å². The Morgan fingerprint density at radius 3 is 2.56 bits per heavy atom. The van der Waals surface area contributed by atoms with Crippen LogP contribution in [-0.2, 0) is 19.1 Å². The molecule has 2 N–H and O–H groups in total. The zero-order valence-electron chi connectivity index (χ0n) is 19.1. The van der Waals surface area contributed by atoms with E-state index >= 15 is 0 Å². The Hall–Kier alpha value is -1.50. The number of ether oxygens (including phenoxy) is 1. The fourth-order valence-electron chi connectivity index (χ4n) is 7.83. The number of carbonyl (C=O) groups excluding carboxylic acids is 3. The maximum atomic E-state index is 13.3. The van der Waals surface area contributed by atoms with Crippen molar-refractivity contribution in [2.45, 2.75) is 71.2 Å². The predicted molar refractivity (Wildman–Crippen MR) is 119 cm³/mol. The number of esters is 1. The van der Waals surface area contributed by atoms with Crippen LogP contribution in [0.1, 0.15) is 53.4 Å². The molecule has 176 valence electrons. The quantitative estimate of drug-likeness (QED) is 0.490. The van der Waals surface area contributed by atoms with E-state index in [1.165, 1.54) is 0 Å². The first-order valence-corrected chi connectivity index (χ1v) is 12.1. The van der Waals surface area contributed by atoms with Crippen LogP contribution in [-0.4, -0.2) is 51.4 Å². The lowest BCUT2D eigenvalue weighted by Crippen LogP contribution is -2.65. The second-order valence-electron chi connectivity index (χ2n) is 10.6. The van der Waals surface area contributed by atoms with E-state index in [9.17, 15) is 24.6 Å². The number of halogens is 1. The highest BCUT2D eigenvalue weighted by Gasteiger charge is 2.73. The Bertz CT molecular complexity index is 910. The summed E-state index contributed by atoms with van der Waals surface area (Å²) in [5, 5.41) is 22.8. The van der Waals surface area contributed by atoms with Crippen molar-refractivity contribution < 1.29 is 29.3 Å². The van der Waals surface area contributed by atoms with E-state index in [-0.39, 0.29) is 54.0 Å². The highest BCUT2D eigenvalue weighted by atomic mass is 35.5. The minimum absolute atomic E-state index is 0.106. The van der Waals surface area contributed by atoms with Crippen molar-refractivity contribution in [3.8, 4) is 0 Å². The number of hydrogen-bond acceptors (Lipinski definition) is 6. The monoisotopic (exact) mass is 464 g/mol. The standard InChI is InChI=1S/C25H33ClO6/c1-5-20(31)32-25(19(30)12-26)13(2)8-16-21-17(28)10-14-9-15(27)6-7-23(14,3)22(21)18(29)11-24(16,25)4/h6-7,9,13,16-18,21-22,28-29H,5,8,10-12H2,1-4H3/t13-,16+,17+,18+,21-,22+,23+,24+,25-/m1/s1. The van der Waals surface area contributed by atoms with Gasteiger partial charge in [0.15, 0.2) is 17.2 Å². The molecule has 0 aromatic heterocycles. The summed E-state index contributed by atoms with van der Waals surface area (Å²) in [5.74, 6) is -2.27. The number of fused-ring (bicyclic) bond motifs is 5. The molecule has 3 fully saturated rings. The lowest BCUT2D eigenvalue weighted by atomic mass is 9.45. The smallest absolute Gasteiger partial charge is 0.306 e. The third-order valence-electron chi connectivity index (χ3n) is 9.16. The first kappa shape index (κ1) is 23.7. The highest BCUT2D eigenvalue weighted by molar-refractivity contribution is 6.29. The third kappa shape index (κ3) is 2.95. The van der Waals surface area contributed by atoms with Gasteiger partial charge in [0.2, 0.25) is 0 Å². The zero-order valence-corrected chi connectivity index (χ0v) is 19.9. The fourth-order valence-corrected chi connectivity index (χ4v) is 8.03. The van der Waals surface area contributed by atoms with E-state index in [4.69, 9.17) is 16.3 Å². The summed E-state index contributed by atoms with van der Waals surface area (Å²) in [7, 11) is 0. The van der Waals surface area contributed by atoms with E-state index in [1.54, 1.807) is 19.1 Å². The SMILES string of the molecule is CCC(=O)O[C@@]1(C(=O)CCl)[C@H](C)C[C@H]2[C@H]3[C@H]([C@@H](O)C[C@@]21C)[C@@]1(C)C=CC(=O)C=C1C[C@@H]3O. The van der Waals surface area contributed by atoms with Crippen molar-refractivity contribution in [1.82, 2.24) is 0 Å². The number of Topliss-reactive ketones (excluding diaryl/α,β-unsaturated/α-hetero) is 1. The molecule has 0 saturated heterocycles. The van der Waals surface area contributed by atoms with Gasteiger partial charge in [-0.3, -0.25) is 14.4 Å². The van der Waals surface area contributed by atoms with Gasteiger partial charge in [-0.15, -0.1) is 11.6 Å². The Kier molecular flexibility index (Phi) is 5.75. The summed E-state index contributed by atoms with van der Waals surface area (Å²) in [6.07, 6.45) is 4.68. The first-order valence-electron chi connectivity index (χ1n) is 11.6. The third-order valence-corrected chi connectivity index (χ3v) is 9.41. The number of alkyl halides is 1. The van der Waals surface area contributed by atoms with Gasteiger partial charge in [-0.2, -0.15) is 0 Å². The predicted octanol–water partition coefficient (Wildman–Crippen LogP) is 2.98. The maximum Gasteiger partial charge on any atom is 0.306 e. The number of aliphatic hydroxyl groups is 2. The van der Waals surface area contributed by atoms with Crippen molar-refractivity contribution in [1.29, 1.82) is 0 Å². The molecule has 0 heterocycles. The average molecular weight is 465 g/mol. The minimum atomic E-state index is -1.44. The molecule has 4 aliphatic carbocycles. The fraction of sp³-hybridized carbons (Fsp3) is 0.720. The number of allylic oxidation sites excluding steroid dienone is 3. The Morgan fingerprint density at radius 1 is 1.25 bits per heavy atom. The molecule has 0 spiro atoms. The molecule has 9 atom stereocenters. The van der Waals surface area contributed by atoms with Crippen molar-refractivity contribution in [3.63, 3.8) is 0 Å². The number of ketones is 2. The summed E-state index contributed by atoms with van der Waals surface area (Å²) >= 11 is 6.03. The van der Waals surface area contributed by atoms with Crippen molar-refractivity contribution in [2.24, 2.45) is 34.5 Å². The molecule has 4 rings (SSSR count). The number of hydrogen-bond donors (Lipinski definition) is 2. The summed E-state index contributed by atoms with van der Waals surface area (Å²) in [5.41, 5.74) is -2.01. The van der Waals surface area contributed by atoms with Crippen molar-refractivity contribution in [3.05, 3.63) is 23.8 Å². The summed E-state index contributed by atoms with van der Waals surface area (Å²) in [6, 6.07) is 0. The molecular weight excluding hydrogens is 432 g/mol. The van der Waals surface area contributed by atoms with Crippen LogP contribution in [0.15, 0.2) is 23.8 Å². The number of rotatable bonds is 4. The van der Waals surface area contributed by atoms with Crippen LogP contribution in [0.25, 0.3) is 0 Å². The van der Waals surface area contributed by atoms with Gasteiger partial charge in [0.05, 0.1) is 18.1 Å². The molecule has 0 aromatic carbocycles. The largest absolute Gasteiger partial charge is 0.450 e. The van der Waals surface area contributed by atoms with Gasteiger partial charge in [0, 0.05) is 29.1 Å². The summed E-state index contributed by atoms with van der Waals surface area (Å²) in [4.78, 5) is 37.8. The van der Waals surface area contributed by atoms with Gasteiger partial charge in [0.1, 0.15) is 0 Å². The van der Waals surface area contributed by atoms with Gasteiger partial charge < -0.3 is 14.9 Å². The van der Waals surface area contributed by atoms with Crippen LogP contribution >= 0.6 is 11.6 Å². The molecule has 6 nitrogen and oxygen atoms in total. The molecule has 4 aliphatic rings. The molecule has 0 bridgehead atoms. The molecule has 0 radical (unpaired) electrons. The highest BCUT2D eigenvalue weighted by Crippen LogP contribution is 2.69. The average Bonchev–Trinajstić information content (AvgIpc) is 2.95. The van der Waals surface area contributed by atoms with Gasteiger partial charge >= 0.3 is 5.97 Å². The van der Waals surface area contributed by atoms with Crippen LogP contribution in [0.4, 0.5) is 0 Å². The van der Waals surface area contributed by atoms with E-state index in [0.717, 1.165) is 5.57 Å². The Balaban J connectivity index is 1.84. The topological polar surface area (TPSA) is 101 Å². The van der Waals surface area contributed by atoms with Crippen LogP contribution in [0.5, 0.6) is 0 Å². The molecule has 3 saturated carbocycles. The van der Waals surface area contributed by atoms with Crippen LogP contribution in [0.3, 0.4) is 0 Å². The van der Waals surface area contributed by atoms with Gasteiger partial charge in [-0.1, -0.05) is 39.3 Å². The lowest BCUT2D eigenvalue weighted by molar-refractivity contribution is -0.209. The molecule has 0 amide bonds. The second kappa shape index (κ2) is 7.78. The molecule has 0 unspecified atom stereocenters. The molecule has 0 aromatic rings. The Labute approximate surface area is 194 Å². The lowest BCUT2D eigenvalue weighted by Gasteiger charge is -2.61. The van der Waals surface area contributed by atoms with E-state index in [0.29, 0.717) is 12.8 Å². The van der Waals surface area contributed by atoms with E-state index in [2.05, 4.69) is 0 Å². The summed E-state index contributed by atoms with van der Waals surface area (Å²) in [6.45, 7) is 7.51. The molecule has 7 heteroatoms. The van der Waals surface area contributed by atoms with E-state index in [1.807, 2.05) is 26.8 Å². The maximum absolute atomic E-state index is 13.3. The molecule has 0 aliphatic heterocycles. The molecule has 32 heavy (non-hydrogen) atoms. The number of aliphatic hydroxyl groups excluding tert-OH is 2. The van der Waals surface area contributed by atoms with Gasteiger partial charge in [-0.25, -0.2) is 0 Å². The minimum Gasteiger partial charge on any atom is -0.450 e. The number of carbonyl (C=O) groups is 3. The zero-order chi connectivity index (χ0) is 23.6. The normalized spacial score (nSPS) is 47.2. The van der Waals surface area contributed by atoms with Crippen LogP contribution in [0, 0.1) is 34.5 Å².